The first-order valence-electron chi connectivity index (χ1n) is 10.8. The molecule has 0 aromatic rings. The van der Waals surface area contributed by atoms with E-state index in [2.05, 4.69) is 0 Å². The topological polar surface area (TPSA) is 61.8 Å². The largest absolute Gasteiger partial charge is 0.459 e. The maximum atomic E-state index is 13.0. The van der Waals surface area contributed by atoms with Gasteiger partial charge in [0.15, 0.2) is 0 Å². The summed E-state index contributed by atoms with van der Waals surface area (Å²) in [6, 6.07) is 0. The van der Waals surface area contributed by atoms with Crippen LogP contribution in [-0.2, 0) is 23.8 Å². The summed E-state index contributed by atoms with van der Waals surface area (Å²) in [6.07, 6.45) is 9.23. The van der Waals surface area contributed by atoms with Gasteiger partial charge in [-0.05, 0) is 83.0 Å². The lowest BCUT2D eigenvalue weighted by Gasteiger charge is -2.56. The Kier molecular flexibility index (Phi) is 5.02. The molecule has 0 spiro atoms. The maximum Gasteiger partial charge on any atom is 0.314 e. The molecule has 5 aliphatic rings. The second kappa shape index (κ2) is 7.06. The van der Waals surface area contributed by atoms with E-state index in [1.165, 1.54) is 19.3 Å². The number of rotatable bonds is 5. The van der Waals surface area contributed by atoms with Gasteiger partial charge in [0.25, 0.3) is 0 Å². The third-order valence-corrected chi connectivity index (χ3v) is 7.64. The van der Waals surface area contributed by atoms with Crippen LogP contribution < -0.4 is 0 Å². The van der Waals surface area contributed by atoms with Gasteiger partial charge in [-0.2, -0.15) is 0 Å². The van der Waals surface area contributed by atoms with E-state index in [0.29, 0.717) is 6.61 Å². The summed E-state index contributed by atoms with van der Waals surface area (Å²) in [5, 5.41) is 0. The number of carbonyl (C=O) groups excluding carboxylic acids is 2. The number of hydrogen-bond acceptors (Lipinski definition) is 5. The molecule has 1 saturated heterocycles. The molecule has 0 aromatic carbocycles. The zero-order valence-electron chi connectivity index (χ0n) is 17.0. The first-order valence-corrected chi connectivity index (χ1v) is 10.8. The van der Waals surface area contributed by atoms with E-state index in [4.69, 9.17) is 14.2 Å². The highest BCUT2D eigenvalue weighted by atomic mass is 16.7. The molecule has 27 heavy (non-hydrogen) atoms. The minimum Gasteiger partial charge on any atom is -0.459 e. The summed E-state index contributed by atoms with van der Waals surface area (Å²) in [5.41, 5.74) is -1.20. The molecule has 1 heterocycles. The summed E-state index contributed by atoms with van der Waals surface area (Å²) in [6.45, 7) is 5.99. The summed E-state index contributed by atoms with van der Waals surface area (Å²) < 4.78 is 17.2. The van der Waals surface area contributed by atoms with Crippen molar-refractivity contribution >= 4 is 11.9 Å². The summed E-state index contributed by atoms with van der Waals surface area (Å²) in [5.74, 6) is 1.01. The molecule has 0 N–H and O–H groups in total. The average Bonchev–Trinajstić information content (AvgIpc) is 2.60. The van der Waals surface area contributed by atoms with Gasteiger partial charge in [-0.1, -0.05) is 6.92 Å². The van der Waals surface area contributed by atoms with E-state index in [-0.39, 0.29) is 17.5 Å². The van der Waals surface area contributed by atoms with Crippen molar-refractivity contribution in [3.63, 3.8) is 0 Å². The van der Waals surface area contributed by atoms with Crippen molar-refractivity contribution in [2.24, 2.45) is 29.1 Å². The molecule has 4 aliphatic carbocycles. The monoisotopic (exact) mass is 378 g/mol. The Morgan fingerprint density at radius 2 is 1.63 bits per heavy atom. The second-order valence-corrected chi connectivity index (χ2v) is 10.2. The van der Waals surface area contributed by atoms with Crippen molar-refractivity contribution < 1.29 is 23.8 Å². The van der Waals surface area contributed by atoms with Gasteiger partial charge < -0.3 is 14.2 Å². The first kappa shape index (κ1) is 19.2. The maximum absolute atomic E-state index is 13.0. The first-order chi connectivity index (χ1) is 12.8. The van der Waals surface area contributed by atoms with E-state index in [1.54, 1.807) is 20.8 Å². The van der Waals surface area contributed by atoms with Gasteiger partial charge in [0, 0.05) is 6.42 Å². The molecule has 2 atom stereocenters. The molecule has 2 unspecified atom stereocenters. The molecule has 0 aromatic heterocycles. The van der Waals surface area contributed by atoms with E-state index in [9.17, 15) is 9.59 Å². The fourth-order valence-corrected chi connectivity index (χ4v) is 6.00. The van der Waals surface area contributed by atoms with Gasteiger partial charge in [0.05, 0.1) is 17.9 Å². The number of ether oxygens (including phenoxy) is 3. The number of esters is 2. The van der Waals surface area contributed by atoms with Crippen LogP contribution in [0.15, 0.2) is 0 Å². The van der Waals surface area contributed by atoms with Gasteiger partial charge in [-0.3, -0.25) is 9.59 Å². The van der Waals surface area contributed by atoms with Gasteiger partial charge in [0.1, 0.15) is 5.60 Å². The summed E-state index contributed by atoms with van der Waals surface area (Å²) in [7, 11) is 0. The Labute approximate surface area is 162 Å². The molecule has 4 bridgehead atoms. The molecule has 4 saturated carbocycles. The minimum atomic E-state index is -0.930. The van der Waals surface area contributed by atoms with E-state index >= 15 is 0 Å². The molecule has 5 fully saturated rings. The van der Waals surface area contributed by atoms with Gasteiger partial charge in [-0.25, -0.2) is 0 Å². The molecule has 5 rings (SSSR count). The Morgan fingerprint density at radius 3 is 2.15 bits per heavy atom. The quantitative estimate of drug-likeness (QED) is 0.670. The van der Waals surface area contributed by atoms with Gasteiger partial charge >= 0.3 is 11.9 Å². The molecule has 152 valence electrons. The van der Waals surface area contributed by atoms with Crippen molar-refractivity contribution in [2.75, 3.05) is 6.61 Å². The third kappa shape index (κ3) is 3.76. The SMILES string of the molecule is CC(C(=O)OC12CC3CC(CC(C3)C1)C2)C(C)(C)C(=O)OC1CCCCO1. The van der Waals surface area contributed by atoms with Gasteiger partial charge in [-0.15, -0.1) is 0 Å². The lowest BCUT2D eigenvalue weighted by atomic mass is 9.54. The van der Waals surface area contributed by atoms with Crippen LogP contribution in [0, 0.1) is 29.1 Å². The fraction of sp³-hybridized carbons (Fsp3) is 0.909. The molecule has 1 aliphatic heterocycles. The number of hydrogen-bond donors (Lipinski definition) is 0. The fourth-order valence-electron chi connectivity index (χ4n) is 6.00. The van der Waals surface area contributed by atoms with Gasteiger partial charge in [0.2, 0.25) is 6.29 Å². The van der Waals surface area contributed by atoms with Crippen LogP contribution in [0.25, 0.3) is 0 Å². The van der Waals surface area contributed by atoms with E-state index in [1.807, 2.05) is 0 Å². The predicted octanol–water partition coefficient (Wildman–Crippen LogP) is 4.23. The van der Waals surface area contributed by atoms with Crippen LogP contribution in [0.2, 0.25) is 0 Å². The Morgan fingerprint density at radius 1 is 1.04 bits per heavy atom. The lowest BCUT2D eigenvalue weighted by Crippen LogP contribution is -2.54. The van der Waals surface area contributed by atoms with Crippen LogP contribution in [0.1, 0.15) is 78.6 Å². The van der Waals surface area contributed by atoms with E-state index in [0.717, 1.165) is 56.3 Å². The highest BCUT2D eigenvalue weighted by molar-refractivity contribution is 5.84. The highest BCUT2D eigenvalue weighted by Crippen LogP contribution is 2.57. The molecule has 0 radical (unpaired) electrons. The van der Waals surface area contributed by atoms with Crippen LogP contribution in [-0.4, -0.2) is 30.4 Å². The molecule has 5 heteroatoms. The lowest BCUT2D eigenvalue weighted by molar-refractivity contribution is -0.207. The second-order valence-electron chi connectivity index (χ2n) is 10.2. The third-order valence-electron chi connectivity index (χ3n) is 7.64. The van der Waals surface area contributed by atoms with Crippen molar-refractivity contribution in [1.82, 2.24) is 0 Å². The van der Waals surface area contributed by atoms with Crippen molar-refractivity contribution in [1.29, 1.82) is 0 Å². The average molecular weight is 379 g/mol. The molecular formula is C22H34O5. The number of carbonyl (C=O) groups is 2. The predicted molar refractivity (Wildman–Crippen MR) is 99.6 cm³/mol. The van der Waals surface area contributed by atoms with Crippen molar-refractivity contribution in [3.8, 4) is 0 Å². The minimum absolute atomic E-state index is 0.247. The van der Waals surface area contributed by atoms with Crippen LogP contribution in [0.5, 0.6) is 0 Å². The molecule has 0 amide bonds. The smallest absolute Gasteiger partial charge is 0.314 e. The zero-order valence-corrected chi connectivity index (χ0v) is 17.0. The summed E-state index contributed by atoms with van der Waals surface area (Å²) in [4.78, 5) is 25.7. The Hall–Kier alpha value is -1.10. The normalized spacial score (nSPS) is 39.1. The van der Waals surface area contributed by atoms with Crippen LogP contribution >= 0.6 is 0 Å². The van der Waals surface area contributed by atoms with Crippen molar-refractivity contribution in [3.05, 3.63) is 0 Å². The zero-order chi connectivity index (χ0) is 19.2. The molecular weight excluding hydrogens is 344 g/mol. The Balaban J connectivity index is 1.38. The summed E-state index contributed by atoms with van der Waals surface area (Å²) >= 11 is 0. The standard InChI is InChI=1S/C22H34O5/c1-14(21(2,3)20(24)26-18-6-4-5-7-25-18)19(23)27-22-11-15-8-16(12-22)10-17(9-15)13-22/h14-18H,4-13H2,1-3H3. The van der Waals surface area contributed by atoms with Crippen LogP contribution in [0.3, 0.4) is 0 Å². The Bertz CT molecular complexity index is 554. The highest BCUT2D eigenvalue weighted by Gasteiger charge is 2.54. The van der Waals surface area contributed by atoms with Crippen LogP contribution in [0.4, 0.5) is 0 Å². The molecule has 5 nitrogen and oxygen atoms in total. The van der Waals surface area contributed by atoms with E-state index < -0.39 is 17.6 Å². The van der Waals surface area contributed by atoms with Crippen molar-refractivity contribution in [2.45, 2.75) is 90.4 Å².